The molecule has 0 saturated heterocycles. The predicted octanol–water partition coefficient (Wildman–Crippen LogP) is 5.85. The Kier molecular flexibility index (Phi) is 6.70. The quantitative estimate of drug-likeness (QED) is 0.351. The first-order valence-electron chi connectivity index (χ1n) is 11.7. The molecule has 6 nitrogen and oxygen atoms in total. The van der Waals surface area contributed by atoms with Gasteiger partial charge in [-0.3, -0.25) is 4.98 Å². The predicted molar refractivity (Wildman–Crippen MR) is 132 cm³/mol. The van der Waals surface area contributed by atoms with Gasteiger partial charge in [-0.05, 0) is 59.7 Å². The average molecular weight is 467 g/mol. The van der Waals surface area contributed by atoms with Crippen molar-refractivity contribution in [2.24, 2.45) is 0 Å². The normalized spacial score (nSPS) is 16.1. The number of benzene rings is 2. The fourth-order valence-corrected chi connectivity index (χ4v) is 4.72. The molecule has 1 aliphatic carbocycles. The number of fused-ring (bicyclic) bond motifs is 1. The third-order valence-electron chi connectivity index (χ3n) is 6.30. The Labute approximate surface area is 203 Å². The molecule has 0 aliphatic heterocycles. The van der Waals surface area contributed by atoms with Gasteiger partial charge in [-0.25, -0.2) is 9.78 Å². The highest BCUT2D eigenvalue weighted by molar-refractivity contribution is 5.68. The Hall–Kier alpha value is -4.19. The van der Waals surface area contributed by atoms with Crippen LogP contribution in [0.2, 0.25) is 0 Å². The largest absolute Gasteiger partial charge is 0.482 e. The van der Waals surface area contributed by atoms with E-state index in [1.807, 2.05) is 54.7 Å². The number of nitrogens with zero attached hydrogens (tertiary/aromatic N) is 2. The molecule has 6 heteroatoms. The number of carbonyl (C=O) groups is 1. The van der Waals surface area contributed by atoms with Gasteiger partial charge in [0.25, 0.3) is 0 Å². The first-order valence-corrected chi connectivity index (χ1v) is 11.7. The summed E-state index contributed by atoms with van der Waals surface area (Å²) in [6, 6.07) is 20.0. The number of aliphatic carboxylic acids is 1. The van der Waals surface area contributed by atoms with Gasteiger partial charge >= 0.3 is 5.97 Å². The highest BCUT2D eigenvalue weighted by Crippen LogP contribution is 2.38. The maximum atomic E-state index is 10.9. The molecular weight excluding hydrogens is 440 g/mol. The van der Waals surface area contributed by atoms with E-state index in [1.54, 1.807) is 12.5 Å². The smallest absolute Gasteiger partial charge is 0.341 e. The van der Waals surface area contributed by atoms with Gasteiger partial charge in [-0.15, -0.1) is 0 Å². The molecule has 0 amide bonds. The van der Waals surface area contributed by atoms with Crippen LogP contribution in [-0.2, 0) is 11.2 Å². The Morgan fingerprint density at radius 2 is 1.97 bits per heavy atom. The standard InChI is InChI=1S/C29H26N2O4/c32-27(33)19-34-26-13-5-11-24-20(9-4-12-25(24)26)14-15-23-18-35-29(31-23)28(21-7-2-1-3-8-21)22-10-6-16-30-17-22/h1-3,5-8,10-11,13-18,20,28H,4,9,12,19H2,(H,32,33)/b15-14+. The van der Waals surface area contributed by atoms with Crippen LogP contribution < -0.4 is 4.74 Å². The van der Waals surface area contributed by atoms with Crippen LogP contribution in [0.4, 0.5) is 0 Å². The summed E-state index contributed by atoms with van der Waals surface area (Å²) in [6.45, 7) is -0.335. The minimum absolute atomic E-state index is 0.142. The van der Waals surface area contributed by atoms with E-state index in [4.69, 9.17) is 19.2 Å². The summed E-state index contributed by atoms with van der Waals surface area (Å²) in [5.41, 5.74) is 5.14. The molecule has 5 rings (SSSR count). The van der Waals surface area contributed by atoms with Crippen molar-refractivity contribution in [3.05, 3.63) is 119 Å². The van der Waals surface area contributed by atoms with Crippen LogP contribution in [0.3, 0.4) is 0 Å². The van der Waals surface area contributed by atoms with Gasteiger partial charge in [0, 0.05) is 18.3 Å². The minimum atomic E-state index is -0.975. The Bertz CT molecular complexity index is 1280. The van der Waals surface area contributed by atoms with Crippen molar-refractivity contribution in [3.63, 3.8) is 0 Å². The second kappa shape index (κ2) is 10.4. The van der Waals surface area contributed by atoms with Gasteiger partial charge in [0.05, 0.1) is 5.92 Å². The van der Waals surface area contributed by atoms with Gasteiger partial charge in [0.2, 0.25) is 5.89 Å². The molecule has 2 heterocycles. The number of allylic oxidation sites excluding steroid dienone is 1. The summed E-state index contributed by atoms with van der Waals surface area (Å²) < 4.78 is 11.5. The second-order valence-electron chi connectivity index (χ2n) is 8.60. The molecule has 0 saturated carbocycles. The number of ether oxygens (including phenoxy) is 1. The van der Waals surface area contributed by atoms with E-state index in [1.165, 1.54) is 5.56 Å². The van der Waals surface area contributed by atoms with Gasteiger partial charge in [0.15, 0.2) is 6.61 Å². The summed E-state index contributed by atoms with van der Waals surface area (Å²) in [7, 11) is 0. The molecule has 176 valence electrons. The first kappa shape index (κ1) is 22.6. The molecule has 0 radical (unpaired) electrons. The molecule has 0 bridgehead atoms. The lowest BCUT2D eigenvalue weighted by Gasteiger charge is -2.25. The second-order valence-corrected chi connectivity index (χ2v) is 8.60. The van der Waals surface area contributed by atoms with Crippen LogP contribution in [0, 0.1) is 0 Å². The molecule has 1 N–H and O–H groups in total. The minimum Gasteiger partial charge on any atom is -0.482 e. The lowest BCUT2D eigenvalue weighted by molar-refractivity contribution is -0.139. The third-order valence-corrected chi connectivity index (χ3v) is 6.30. The van der Waals surface area contributed by atoms with Crippen molar-refractivity contribution in [1.29, 1.82) is 0 Å². The van der Waals surface area contributed by atoms with Crippen molar-refractivity contribution < 1.29 is 19.1 Å². The van der Waals surface area contributed by atoms with Crippen molar-refractivity contribution >= 4 is 12.0 Å². The molecular formula is C29H26N2O4. The van der Waals surface area contributed by atoms with Gasteiger partial charge < -0.3 is 14.3 Å². The van der Waals surface area contributed by atoms with Gasteiger partial charge in [0.1, 0.15) is 17.7 Å². The summed E-state index contributed by atoms with van der Waals surface area (Å²) in [4.78, 5) is 20.0. The van der Waals surface area contributed by atoms with E-state index in [9.17, 15) is 4.79 Å². The van der Waals surface area contributed by atoms with Gasteiger partial charge in [-0.1, -0.05) is 54.6 Å². The van der Waals surface area contributed by atoms with E-state index in [2.05, 4.69) is 29.3 Å². The van der Waals surface area contributed by atoms with E-state index >= 15 is 0 Å². The Morgan fingerprint density at radius 1 is 1.11 bits per heavy atom. The zero-order valence-corrected chi connectivity index (χ0v) is 19.2. The summed E-state index contributed by atoms with van der Waals surface area (Å²) >= 11 is 0. The SMILES string of the molecule is O=C(O)COc1cccc2c1CCCC2/C=C/c1coc(C(c2ccccc2)c2cccnc2)n1. The summed E-state index contributed by atoms with van der Waals surface area (Å²) in [6.07, 6.45) is 12.4. The average Bonchev–Trinajstić information content (AvgIpc) is 3.36. The van der Waals surface area contributed by atoms with Crippen LogP contribution in [0.1, 0.15) is 58.5 Å². The Balaban J connectivity index is 1.39. The molecule has 2 unspecified atom stereocenters. The number of carboxylic acid groups (broad SMARTS) is 1. The lowest BCUT2D eigenvalue weighted by atomic mass is 9.82. The van der Waals surface area contributed by atoms with E-state index in [-0.39, 0.29) is 18.4 Å². The summed E-state index contributed by atoms with van der Waals surface area (Å²) in [5, 5.41) is 8.97. The lowest BCUT2D eigenvalue weighted by Crippen LogP contribution is -2.14. The van der Waals surface area contributed by atoms with Crippen LogP contribution >= 0.6 is 0 Å². The number of hydrogen-bond donors (Lipinski definition) is 1. The fraction of sp³-hybridized carbons (Fsp3) is 0.207. The highest BCUT2D eigenvalue weighted by atomic mass is 16.5. The number of hydrogen-bond acceptors (Lipinski definition) is 5. The molecule has 2 atom stereocenters. The van der Waals surface area contributed by atoms with Crippen molar-refractivity contribution in [1.82, 2.24) is 9.97 Å². The summed E-state index contributed by atoms with van der Waals surface area (Å²) in [5.74, 6) is 0.370. The maximum Gasteiger partial charge on any atom is 0.341 e. The molecule has 1 aliphatic rings. The number of oxazole rings is 1. The highest BCUT2D eigenvalue weighted by Gasteiger charge is 2.23. The fourth-order valence-electron chi connectivity index (χ4n) is 4.72. The zero-order chi connectivity index (χ0) is 24.0. The zero-order valence-electron chi connectivity index (χ0n) is 19.2. The first-order chi connectivity index (χ1) is 17.2. The number of aromatic nitrogens is 2. The van der Waals surface area contributed by atoms with Crippen molar-refractivity contribution in [3.8, 4) is 5.75 Å². The molecule has 35 heavy (non-hydrogen) atoms. The van der Waals surface area contributed by atoms with Crippen LogP contribution in [0.25, 0.3) is 6.08 Å². The maximum absolute atomic E-state index is 10.9. The number of carboxylic acids is 1. The van der Waals surface area contributed by atoms with E-state index < -0.39 is 5.97 Å². The molecule has 4 aromatic rings. The molecule has 0 spiro atoms. The third kappa shape index (κ3) is 5.17. The van der Waals surface area contributed by atoms with E-state index in [0.29, 0.717) is 11.6 Å². The molecule has 0 fully saturated rings. The van der Waals surface area contributed by atoms with Crippen LogP contribution in [0.15, 0.2) is 89.8 Å². The topological polar surface area (TPSA) is 85.5 Å². The van der Waals surface area contributed by atoms with Gasteiger partial charge in [-0.2, -0.15) is 0 Å². The molecule has 2 aromatic carbocycles. The van der Waals surface area contributed by atoms with E-state index in [0.717, 1.165) is 41.6 Å². The molecule has 2 aromatic heterocycles. The number of rotatable bonds is 8. The van der Waals surface area contributed by atoms with Crippen LogP contribution in [0.5, 0.6) is 5.75 Å². The monoisotopic (exact) mass is 466 g/mol. The van der Waals surface area contributed by atoms with Crippen molar-refractivity contribution in [2.45, 2.75) is 31.1 Å². The Morgan fingerprint density at radius 3 is 2.77 bits per heavy atom. The number of pyridine rings is 1. The van der Waals surface area contributed by atoms with Crippen molar-refractivity contribution in [2.75, 3.05) is 6.61 Å². The van der Waals surface area contributed by atoms with Crippen LogP contribution in [-0.4, -0.2) is 27.7 Å².